The van der Waals surface area contributed by atoms with E-state index in [9.17, 15) is 4.79 Å². The lowest BCUT2D eigenvalue weighted by molar-refractivity contribution is 0.102. The van der Waals surface area contributed by atoms with Crippen molar-refractivity contribution in [2.75, 3.05) is 5.32 Å². The van der Waals surface area contributed by atoms with Gasteiger partial charge in [-0.2, -0.15) is 0 Å². The van der Waals surface area contributed by atoms with Gasteiger partial charge in [-0.25, -0.2) is 0 Å². The second-order valence-electron chi connectivity index (χ2n) is 5.51. The molecule has 0 aliphatic heterocycles. The minimum absolute atomic E-state index is 0.0964. The molecule has 1 fully saturated rings. The van der Waals surface area contributed by atoms with E-state index in [0.29, 0.717) is 11.7 Å². The fourth-order valence-electron chi connectivity index (χ4n) is 2.62. The van der Waals surface area contributed by atoms with Crippen molar-refractivity contribution >= 4 is 34.2 Å². The number of carbonyl (C=O) groups is 1. The Kier molecular flexibility index (Phi) is 4.97. The summed E-state index contributed by atoms with van der Waals surface area (Å²) >= 11 is 2.22. The van der Waals surface area contributed by atoms with Gasteiger partial charge in [-0.3, -0.25) is 4.79 Å². The Morgan fingerprint density at radius 3 is 2.27 bits per heavy atom. The summed E-state index contributed by atoms with van der Waals surface area (Å²) in [7, 11) is 0. The van der Waals surface area contributed by atoms with Crippen molar-refractivity contribution in [3.05, 3.63) is 57.7 Å². The summed E-state index contributed by atoms with van der Waals surface area (Å²) in [5.41, 5.74) is 1.44. The summed E-state index contributed by atoms with van der Waals surface area (Å²) in [6.07, 6.45) is 5.16. The van der Waals surface area contributed by atoms with Crippen LogP contribution in [0.15, 0.2) is 48.5 Å². The van der Waals surface area contributed by atoms with Crippen molar-refractivity contribution in [2.45, 2.75) is 31.8 Å². The van der Waals surface area contributed by atoms with Gasteiger partial charge >= 0.3 is 0 Å². The molecule has 2 aromatic carbocycles. The Balaban J connectivity index is 1.60. The normalized spacial score (nSPS) is 14.8. The Morgan fingerprint density at radius 1 is 1.00 bits per heavy atom. The molecule has 0 saturated heterocycles. The highest BCUT2D eigenvalue weighted by molar-refractivity contribution is 14.1. The smallest absolute Gasteiger partial charge is 0.255 e. The van der Waals surface area contributed by atoms with E-state index in [-0.39, 0.29) is 5.91 Å². The molecule has 3 rings (SSSR count). The van der Waals surface area contributed by atoms with Gasteiger partial charge in [0, 0.05) is 14.8 Å². The first-order valence-corrected chi connectivity index (χ1v) is 8.62. The van der Waals surface area contributed by atoms with Crippen LogP contribution in [0.4, 0.5) is 5.69 Å². The first-order chi connectivity index (χ1) is 10.7. The Morgan fingerprint density at radius 2 is 1.64 bits per heavy atom. The molecule has 1 amide bonds. The van der Waals surface area contributed by atoms with Crippen LogP contribution in [0.2, 0.25) is 0 Å². The number of rotatable bonds is 4. The molecular formula is C18H18INO2. The standard InChI is InChI=1S/C18H18INO2/c19-14-7-5-13(6-8-14)18(21)20-15-9-11-17(12-10-15)22-16-3-1-2-4-16/h5-12,16H,1-4H2,(H,20,21). The van der Waals surface area contributed by atoms with Crippen LogP contribution in [-0.4, -0.2) is 12.0 Å². The minimum atomic E-state index is -0.0964. The number of halogens is 1. The predicted molar refractivity (Wildman–Crippen MR) is 96.4 cm³/mol. The van der Waals surface area contributed by atoms with Crippen LogP contribution < -0.4 is 10.1 Å². The summed E-state index contributed by atoms with van der Waals surface area (Å²) in [5.74, 6) is 0.778. The van der Waals surface area contributed by atoms with Gasteiger partial charge in [-0.05, 0) is 96.8 Å². The molecular weight excluding hydrogens is 389 g/mol. The third kappa shape index (κ3) is 4.00. The number of ether oxygens (including phenoxy) is 1. The Hall–Kier alpha value is -1.56. The predicted octanol–water partition coefficient (Wildman–Crippen LogP) is 4.86. The third-order valence-corrected chi connectivity index (χ3v) is 4.54. The maximum atomic E-state index is 12.1. The van der Waals surface area contributed by atoms with Gasteiger partial charge in [0.2, 0.25) is 0 Å². The molecule has 0 aromatic heterocycles. The molecule has 0 atom stereocenters. The lowest BCUT2D eigenvalue weighted by atomic mass is 10.2. The molecule has 22 heavy (non-hydrogen) atoms. The largest absolute Gasteiger partial charge is 0.490 e. The lowest BCUT2D eigenvalue weighted by Crippen LogP contribution is -2.12. The highest BCUT2D eigenvalue weighted by Gasteiger charge is 2.16. The molecule has 3 nitrogen and oxygen atoms in total. The highest BCUT2D eigenvalue weighted by Crippen LogP contribution is 2.25. The molecule has 114 valence electrons. The minimum Gasteiger partial charge on any atom is -0.490 e. The maximum absolute atomic E-state index is 12.1. The van der Waals surface area contributed by atoms with E-state index in [1.165, 1.54) is 12.8 Å². The maximum Gasteiger partial charge on any atom is 0.255 e. The van der Waals surface area contributed by atoms with Gasteiger partial charge in [0.15, 0.2) is 0 Å². The quantitative estimate of drug-likeness (QED) is 0.735. The molecule has 1 aliphatic rings. The number of hydrogen-bond acceptors (Lipinski definition) is 2. The van der Waals surface area contributed by atoms with Crippen molar-refractivity contribution in [3.8, 4) is 5.75 Å². The van der Waals surface area contributed by atoms with Crippen LogP contribution in [0.3, 0.4) is 0 Å². The van der Waals surface area contributed by atoms with Gasteiger partial charge in [0.1, 0.15) is 5.75 Å². The molecule has 4 heteroatoms. The zero-order chi connectivity index (χ0) is 15.4. The fourth-order valence-corrected chi connectivity index (χ4v) is 2.98. The molecule has 0 heterocycles. The summed E-state index contributed by atoms with van der Waals surface area (Å²) in [4.78, 5) is 12.1. The van der Waals surface area contributed by atoms with E-state index in [2.05, 4.69) is 27.9 Å². The zero-order valence-electron chi connectivity index (χ0n) is 12.2. The van der Waals surface area contributed by atoms with E-state index in [1.54, 1.807) is 0 Å². The van der Waals surface area contributed by atoms with Crippen molar-refractivity contribution < 1.29 is 9.53 Å². The van der Waals surface area contributed by atoms with Gasteiger partial charge in [-0.15, -0.1) is 0 Å². The van der Waals surface area contributed by atoms with Gasteiger partial charge in [0.25, 0.3) is 5.91 Å². The monoisotopic (exact) mass is 407 g/mol. The first kappa shape index (κ1) is 15.3. The summed E-state index contributed by atoms with van der Waals surface area (Å²) in [6, 6.07) is 15.1. The number of carbonyl (C=O) groups excluding carboxylic acids is 1. The van der Waals surface area contributed by atoms with E-state index < -0.39 is 0 Å². The molecule has 2 aromatic rings. The molecule has 0 spiro atoms. The second-order valence-corrected chi connectivity index (χ2v) is 6.76. The third-order valence-electron chi connectivity index (χ3n) is 3.82. The highest BCUT2D eigenvalue weighted by atomic mass is 127. The molecule has 1 N–H and O–H groups in total. The first-order valence-electron chi connectivity index (χ1n) is 7.54. The Labute approximate surface area is 144 Å². The van der Waals surface area contributed by atoms with Crippen LogP contribution in [0.5, 0.6) is 5.75 Å². The second kappa shape index (κ2) is 7.13. The van der Waals surface area contributed by atoms with Crippen molar-refractivity contribution in [3.63, 3.8) is 0 Å². The summed E-state index contributed by atoms with van der Waals surface area (Å²) < 4.78 is 7.03. The lowest BCUT2D eigenvalue weighted by Gasteiger charge is -2.13. The van der Waals surface area contributed by atoms with E-state index in [0.717, 1.165) is 27.8 Å². The van der Waals surface area contributed by atoms with Crippen LogP contribution >= 0.6 is 22.6 Å². The average molecular weight is 407 g/mol. The molecule has 1 aliphatic carbocycles. The average Bonchev–Trinajstić information content (AvgIpc) is 3.03. The molecule has 0 unspecified atom stereocenters. The molecule has 0 radical (unpaired) electrons. The number of amides is 1. The number of hydrogen-bond donors (Lipinski definition) is 1. The molecule has 0 bridgehead atoms. The number of benzene rings is 2. The van der Waals surface area contributed by atoms with Crippen molar-refractivity contribution in [1.29, 1.82) is 0 Å². The topological polar surface area (TPSA) is 38.3 Å². The SMILES string of the molecule is O=C(Nc1ccc(OC2CCCC2)cc1)c1ccc(I)cc1. The van der Waals surface area contributed by atoms with Crippen LogP contribution in [0, 0.1) is 3.57 Å². The van der Waals surface area contributed by atoms with E-state index >= 15 is 0 Å². The van der Waals surface area contributed by atoms with Crippen LogP contribution in [-0.2, 0) is 0 Å². The number of anilines is 1. The van der Waals surface area contributed by atoms with E-state index in [4.69, 9.17) is 4.74 Å². The van der Waals surface area contributed by atoms with E-state index in [1.807, 2.05) is 48.5 Å². The van der Waals surface area contributed by atoms with Crippen LogP contribution in [0.1, 0.15) is 36.0 Å². The van der Waals surface area contributed by atoms with Gasteiger partial charge in [-0.1, -0.05) is 0 Å². The molecule has 1 saturated carbocycles. The van der Waals surface area contributed by atoms with Crippen LogP contribution in [0.25, 0.3) is 0 Å². The van der Waals surface area contributed by atoms with Crippen molar-refractivity contribution in [2.24, 2.45) is 0 Å². The van der Waals surface area contributed by atoms with Gasteiger partial charge in [0.05, 0.1) is 6.10 Å². The summed E-state index contributed by atoms with van der Waals surface area (Å²) in [5, 5.41) is 2.90. The number of nitrogens with one attached hydrogen (secondary N) is 1. The summed E-state index contributed by atoms with van der Waals surface area (Å²) in [6.45, 7) is 0. The van der Waals surface area contributed by atoms with Gasteiger partial charge < -0.3 is 10.1 Å². The Bertz CT molecular complexity index is 631. The zero-order valence-corrected chi connectivity index (χ0v) is 14.4. The van der Waals surface area contributed by atoms with Crippen molar-refractivity contribution in [1.82, 2.24) is 0 Å². The fraction of sp³-hybridized carbons (Fsp3) is 0.278.